The third-order valence-electron chi connectivity index (χ3n) is 3.18. The van der Waals surface area contributed by atoms with Crippen molar-refractivity contribution in [3.63, 3.8) is 0 Å². The third kappa shape index (κ3) is 3.13. The zero-order valence-corrected chi connectivity index (χ0v) is 12.4. The van der Waals surface area contributed by atoms with Gasteiger partial charge in [-0.05, 0) is 20.3 Å². The Labute approximate surface area is 118 Å². The maximum Gasteiger partial charge on any atom is 0.135 e. The van der Waals surface area contributed by atoms with E-state index in [4.69, 9.17) is 11.6 Å². The van der Waals surface area contributed by atoms with Crippen LogP contribution in [0.3, 0.4) is 0 Å². The van der Waals surface area contributed by atoms with E-state index in [0.29, 0.717) is 11.6 Å². The lowest BCUT2D eigenvalue weighted by Crippen LogP contribution is -2.08. The van der Waals surface area contributed by atoms with Crippen LogP contribution in [0.25, 0.3) is 0 Å². The summed E-state index contributed by atoms with van der Waals surface area (Å²) in [6.45, 7) is 7.09. The first-order valence-corrected chi connectivity index (χ1v) is 7.05. The zero-order chi connectivity index (χ0) is 13.8. The number of nitrogens with zero attached hydrogens (tertiary/aromatic N) is 4. The van der Waals surface area contributed by atoms with Gasteiger partial charge in [0.1, 0.15) is 16.8 Å². The summed E-state index contributed by atoms with van der Waals surface area (Å²) < 4.78 is 2.12. The van der Waals surface area contributed by atoms with Gasteiger partial charge in [-0.1, -0.05) is 18.5 Å². The van der Waals surface area contributed by atoms with Gasteiger partial charge >= 0.3 is 0 Å². The van der Waals surface area contributed by atoms with E-state index in [-0.39, 0.29) is 0 Å². The molecule has 0 aromatic carbocycles. The van der Waals surface area contributed by atoms with Crippen LogP contribution < -0.4 is 0 Å². The Morgan fingerprint density at radius 3 is 2.74 bits per heavy atom. The van der Waals surface area contributed by atoms with Crippen molar-refractivity contribution < 1.29 is 0 Å². The van der Waals surface area contributed by atoms with Crippen molar-refractivity contribution in [3.05, 3.63) is 40.5 Å². The summed E-state index contributed by atoms with van der Waals surface area (Å²) in [5.74, 6) is 1.84. The topological polar surface area (TPSA) is 43.6 Å². The molecule has 0 aliphatic heterocycles. The Bertz CT molecular complexity index is 563. The van der Waals surface area contributed by atoms with Crippen molar-refractivity contribution in [3.8, 4) is 0 Å². The molecule has 5 heteroatoms. The molecule has 2 aromatic heterocycles. The Hall–Kier alpha value is -1.42. The number of aryl methyl sites for hydroxylation is 2. The molecule has 0 bridgehead atoms. The van der Waals surface area contributed by atoms with Crippen molar-refractivity contribution >= 4 is 11.6 Å². The first-order chi connectivity index (χ1) is 9.15. The van der Waals surface area contributed by atoms with Crippen LogP contribution in [0.4, 0.5) is 0 Å². The predicted octanol–water partition coefficient (Wildman–Crippen LogP) is 3.20. The predicted molar refractivity (Wildman–Crippen MR) is 76.5 cm³/mol. The Balaban J connectivity index is 2.33. The molecule has 2 aromatic rings. The van der Waals surface area contributed by atoms with Crippen molar-refractivity contribution in [2.45, 2.75) is 46.6 Å². The number of hydrogen-bond donors (Lipinski definition) is 0. The number of rotatable bonds is 5. The second kappa shape index (κ2) is 6.15. The number of aromatic nitrogens is 4. The van der Waals surface area contributed by atoms with E-state index in [1.165, 1.54) is 0 Å². The minimum atomic E-state index is 0.558. The molecular formula is C14H19ClN4. The molecular weight excluding hydrogens is 260 g/mol. The van der Waals surface area contributed by atoms with Gasteiger partial charge in [0.2, 0.25) is 0 Å². The zero-order valence-electron chi connectivity index (χ0n) is 11.6. The average molecular weight is 279 g/mol. The van der Waals surface area contributed by atoms with Gasteiger partial charge in [-0.25, -0.2) is 15.0 Å². The summed E-state index contributed by atoms with van der Waals surface area (Å²) in [5, 5.41) is 0.558. The summed E-state index contributed by atoms with van der Waals surface area (Å²) in [5.41, 5.74) is 1.93. The van der Waals surface area contributed by atoms with Gasteiger partial charge in [-0.15, -0.1) is 0 Å². The van der Waals surface area contributed by atoms with Gasteiger partial charge < -0.3 is 4.57 Å². The molecule has 0 amide bonds. The summed E-state index contributed by atoms with van der Waals surface area (Å²) >= 11 is 6.19. The fourth-order valence-corrected chi connectivity index (χ4v) is 2.24. The molecule has 2 heterocycles. The second-order valence-corrected chi connectivity index (χ2v) is 4.92. The van der Waals surface area contributed by atoms with E-state index in [1.807, 2.05) is 19.3 Å². The Morgan fingerprint density at radius 2 is 2.05 bits per heavy atom. The minimum absolute atomic E-state index is 0.558. The van der Waals surface area contributed by atoms with Crippen LogP contribution in [-0.4, -0.2) is 19.5 Å². The summed E-state index contributed by atoms with van der Waals surface area (Å²) in [4.78, 5) is 13.3. The van der Waals surface area contributed by atoms with Crippen molar-refractivity contribution in [2.75, 3.05) is 0 Å². The molecule has 0 unspecified atom stereocenters. The SMILES string of the molecule is CCCc1nc(Cl)c(C)c(Cc2nccn2CC)n1. The van der Waals surface area contributed by atoms with Crippen LogP contribution in [0.5, 0.6) is 0 Å². The summed E-state index contributed by atoms with van der Waals surface area (Å²) in [6, 6.07) is 0. The molecule has 0 fully saturated rings. The van der Waals surface area contributed by atoms with Gasteiger partial charge in [0.25, 0.3) is 0 Å². The fraction of sp³-hybridized carbons (Fsp3) is 0.500. The average Bonchev–Trinajstić information content (AvgIpc) is 2.83. The van der Waals surface area contributed by atoms with Crippen LogP contribution in [-0.2, 0) is 19.4 Å². The lowest BCUT2D eigenvalue weighted by Gasteiger charge is -2.10. The number of imidazole rings is 1. The van der Waals surface area contributed by atoms with E-state index in [9.17, 15) is 0 Å². The maximum atomic E-state index is 6.19. The van der Waals surface area contributed by atoms with Gasteiger partial charge in [0, 0.05) is 37.3 Å². The van der Waals surface area contributed by atoms with E-state index in [0.717, 1.165) is 42.3 Å². The molecule has 0 spiro atoms. The van der Waals surface area contributed by atoms with E-state index >= 15 is 0 Å². The van der Waals surface area contributed by atoms with Crippen LogP contribution >= 0.6 is 11.6 Å². The normalized spacial score (nSPS) is 10.9. The molecule has 2 rings (SSSR count). The first-order valence-electron chi connectivity index (χ1n) is 6.67. The van der Waals surface area contributed by atoms with Crippen LogP contribution in [0.1, 0.15) is 43.2 Å². The minimum Gasteiger partial charge on any atom is -0.335 e. The third-order valence-corrected chi connectivity index (χ3v) is 3.54. The van der Waals surface area contributed by atoms with Gasteiger partial charge in [-0.2, -0.15) is 0 Å². The monoisotopic (exact) mass is 278 g/mol. The molecule has 0 aliphatic carbocycles. The van der Waals surface area contributed by atoms with E-state index < -0.39 is 0 Å². The molecule has 0 N–H and O–H groups in total. The summed E-state index contributed by atoms with van der Waals surface area (Å²) in [6.07, 6.45) is 6.38. The highest BCUT2D eigenvalue weighted by atomic mass is 35.5. The second-order valence-electron chi connectivity index (χ2n) is 4.56. The van der Waals surface area contributed by atoms with E-state index in [2.05, 4.69) is 33.4 Å². The highest BCUT2D eigenvalue weighted by molar-refractivity contribution is 6.30. The number of hydrogen-bond acceptors (Lipinski definition) is 3. The highest BCUT2D eigenvalue weighted by Crippen LogP contribution is 2.18. The Morgan fingerprint density at radius 1 is 1.26 bits per heavy atom. The van der Waals surface area contributed by atoms with Crippen molar-refractivity contribution in [2.24, 2.45) is 0 Å². The van der Waals surface area contributed by atoms with Crippen LogP contribution in [0, 0.1) is 6.92 Å². The number of halogens is 1. The highest BCUT2D eigenvalue weighted by Gasteiger charge is 2.12. The van der Waals surface area contributed by atoms with Gasteiger partial charge in [0.15, 0.2) is 0 Å². The molecule has 102 valence electrons. The Kier molecular flexibility index (Phi) is 4.53. The lowest BCUT2D eigenvalue weighted by atomic mass is 10.2. The maximum absolute atomic E-state index is 6.19. The molecule has 0 saturated heterocycles. The molecule has 0 atom stereocenters. The molecule has 0 saturated carbocycles. The lowest BCUT2D eigenvalue weighted by molar-refractivity contribution is 0.703. The van der Waals surface area contributed by atoms with Crippen molar-refractivity contribution in [1.29, 1.82) is 0 Å². The smallest absolute Gasteiger partial charge is 0.135 e. The largest absolute Gasteiger partial charge is 0.335 e. The van der Waals surface area contributed by atoms with Gasteiger partial charge in [0.05, 0.1) is 5.69 Å². The molecule has 19 heavy (non-hydrogen) atoms. The standard InChI is InChI=1S/C14H19ClN4/c1-4-6-12-17-11(10(3)14(15)18-12)9-13-16-7-8-19(13)5-2/h7-8H,4-6,9H2,1-3H3. The van der Waals surface area contributed by atoms with Crippen molar-refractivity contribution in [1.82, 2.24) is 19.5 Å². The van der Waals surface area contributed by atoms with Crippen LogP contribution in [0.15, 0.2) is 12.4 Å². The molecule has 0 aliphatic rings. The van der Waals surface area contributed by atoms with Gasteiger partial charge in [-0.3, -0.25) is 0 Å². The summed E-state index contributed by atoms with van der Waals surface area (Å²) in [7, 11) is 0. The quantitative estimate of drug-likeness (QED) is 0.789. The van der Waals surface area contributed by atoms with E-state index in [1.54, 1.807) is 0 Å². The molecule has 4 nitrogen and oxygen atoms in total. The first kappa shape index (κ1) is 14.0. The fourth-order valence-electron chi connectivity index (χ4n) is 2.03. The molecule has 0 radical (unpaired) electrons. The van der Waals surface area contributed by atoms with Crippen LogP contribution in [0.2, 0.25) is 5.15 Å².